The van der Waals surface area contributed by atoms with Gasteiger partial charge in [0.05, 0.1) is 0 Å². The van der Waals surface area contributed by atoms with Gasteiger partial charge in [-0.1, -0.05) is 162 Å². The third kappa shape index (κ3) is 116. The maximum Gasteiger partial charge on any atom is 0.0319 e. The summed E-state index contributed by atoms with van der Waals surface area (Å²) in [5, 5.41) is 7.00. The summed E-state index contributed by atoms with van der Waals surface area (Å²) in [4.78, 5) is 0. The molecule has 0 fully saturated rings. The van der Waals surface area contributed by atoms with Crippen LogP contribution in [0.1, 0.15) is 89.5 Å². The Bertz CT molecular complexity index is 212. The van der Waals surface area contributed by atoms with Crippen molar-refractivity contribution < 1.29 is 37.8 Å². The molecular formula is C26H54OY. The van der Waals surface area contributed by atoms with Crippen LogP contribution in [-0.4, -0.2) is 12.2 Å². The second kappa shape index (κ2) is 94.5. The minimum atomic E-state index is 0. The van der Waals surface area contributed by atoms with Crippen molar-refractivity contribution in [1.82, 2.24) is 0 Å². The summed E-state index contributed by atoms with van der Waals surface area (Å²) in [6.07, 6.45) is 2.50. The molecule has 0 bridgehead atoms. The number of benzene rings is 2. The molecular weight excluding hydrogens is 417 g/mol. The predicted molar refractivity (Wildman–Crippen MR) is 134 cm³/mol. The summed E-state index contributed by atoms with van der Waals surface area (Å²) in [5.74, 6) is 0. The first-order valence-corrected chi connectivity index (χ1v) is 10.3. The Labute approximate surface area is 206 Å². The van der Waals surface area contributed by atoms with Crippen LogP contribution in [0.15, 0.2) is 72.8 Å². The molecule has 1 N–H and O–H groups in total. The van der Waals surface area contributed by atoms with Gasteiger partial charge >= 0.3 is 0 Å². The van der Waals surface area contributed by atoms with Crippen molar-refractivity contribution >= 4 is 0 Å². The van der Waals surface area contributed by atoms with E-state index in [4.69, 9.17) is 5.11 Å². The molecule has 0 unspecified atom stereocenters. The quantitative estimate of drug-likeness (QED) is 0.405. The third-order valence-electron chi connectivity index (χ3n) is 1.33. The van der Waals surface area contributed by atoms with Crippen molar-refractivity contribution in [3.63, 3.8) is 0 Å². The minimum absolute atomic E-state index is 0. The van der Waals surface area contributed by atoms with Crippen LogP contribution in [0, 0.1) is 0 Å². The maximum atomic E-state index is 7.00. The van der Waals surface area contributed by atoms with Crippen molar-refractivity contribution in [2.75, 3.05) is 7.11 Å². The maximum absolute atomic E-state index is 7.00. The Morgan fingerprint density at radius 3 is 0.464 bits per heavy atom. The van der Waals surface area contributed by atoms with Gasteiger partial charge in [0.25, 0.3) is 0 Å². The minimum Gasteiger partial charge on any atom is -0.400 e. The zero-order valence-electron chi connectivity index (χ0n) is 20.4. The van der Waals surface area contributed by atoms with E-state index < -0.39 is 0 Å². The molecule has 2 rings (SSSR count). The Kier molecular flexibility index (Phi) is 171. The molecule has 0 aliphatic rings. The van der Waals surface area contributed by atoms with Gasteiger partial charge in [-0.15, -0.1) is 0 Å². The van der Waals surface area contributed by atoms with Gasteiger partial charge in [-0.2, -0.15) is 0 Å². The monoisotopic (exact) mass is 471 g/mol. The van der Waals surface area contributed by atoms with Gasteiger partial charge in [0.2, 0.25) is 0 Å². The van der Waals surface area contributed by atoms with Crippen LogP contribution in [0.25, 0.3) is 0 Å². The van der Waals surface area contributed by atoms with E-state index in [1.54, 1.807) is 0 Å². The molecule has 0 atom stereocenters. The first-order valence-electron chi connectivity index (χ1n) is 10.3. The molecule has 1 nitrogen and oxygen atoms in total. The second-order valence-electron chi connectivity index (χ2n) is 3.72. The molecule has 1 radical (unpaired) electrons. The Morgan fingerprint density at radius 2 is 0.429 bits per heavy atom. The third-order valence-corrected chi connectivity index (χ3v) is 1.33. The van der Waals surface area contributed by atoms with E-state index in [0.29, 0.717) is 0 Å². The normalized spacial score (nSPS) is 5.57. The largest absolute Gasteiger partial charge is 0.400 e. The van der Waals surface area contributed by atoms with E-state index in [2.05, 4.69) is 27.7 Å². The second-order valence-corrected chi connectivity index (χ2v) is 3.72. The van der Waals surface area contributed by atoms with Crippen molar-refractivity contribution in [1.29, 1.82) is 0 Å². The van der Waals surface area contributed by atoms with Gasteiger partial charge in [0, 0.05) is 39.8 Å². The average molecular weight is 472 g/mol. The molecule has 2 aromatic carbocycles. The Morgan fingerprint density at radius 1 is 0.393 bits per heavy atom. The zero-order valence-corrected chi connectivity index (χ0v) is 23.2. The van der Waals surface area contributed by atoms with Gasteiger partial charge in [-0.05, 0) is 0 Å². The summed E-state index contributed by atoms with van der Waals surface area (Å²) in [6.45, 7) is 20.5. The van der Waals surface area contributed by atoms with Gasteiger partial charge in [-0.3, -0.25) is 0 Å². The summed E-state index contributed by atoms with van der Waals surface area (Å²) < 4.78 is 0. The Balaban J connectivity index is -0.0000000286. The van der Waals surface area contributed by atoms with E-state index in [1.807, 2.05) is 114 Å². The first-order chi connectivity index (χ1) is 12.8. The van der Waals surface area contributed by atoms with Crippen LogP contribution in [-0.2, 0) is 32.7 Å². The molecule has 28 heavy (non-hydrogen) atoms. The number of rotatable bonds is 0. The van der Waals surface area contributed by atoms with Crippen LogP contribution in [0.5, 0.6) is 0 Å². The van der Waals surface area contributed by atoms with E-state index in [-0.39, 0.29) is 40.1 Å². The molecule has 0 aromatic heterocycles. The number of hydrogen-bond donors (Lipinski definition) is 1. The summed E-state index contributed by atoms with van der Waals surface area (Å²) in [5.41, 5.74) is 0. The van der Waals surface area contributed by atoms with Crippen molar-refractivity contribution in [3.05, 3.63) is 72.8 Å². The summed E-state index contributed by atoms with van der Waals surface area (Å²) in [6, 6.07) is 24.0. The smallest absolute Gasteiger partial charge is 0.0319 e. The first kappa shape index (κ1) is 50.8. The molecule has 2 heteroatoms. The number of aliphatic hydroxyl groups excluding tert-OH is 1. The van der Waals surface area contributed by atoms with Crippen molar-refractivity contribution in [3.8, 4) is 0 Å². The predicted octanol–water partition coefficient (Wildman–Crippen LogP) is 9.53. The van der Waals surface area contributed by atoms with Crippen LogP contribution >= 0.6 is 0 Å². The molecule has 0 aliphatic heterocycles. The molecule has 0 spiro atoms. The standard InChI is InChI=1S/2C6H6.2C3H8.3C2H6.CH4O.CH4.Y/c2*1-2-4-6-5-3-1;2*1-3-2;4*1-2;;/h2*1-6H;2*3H2,1-2H3;3*1-2H3;2H,1H3;1H4;. The number of aliphatic hydroxyl groups is 1. The molecule has 167 valence electrons. The fourth-order valence-corrected chi connectivity index (χ4v) is 0.770. The van der Waals surface area contributed by atoms with Crippen LogP contribution in [0.2, 0.25) is 0 Å². The molecule has 0 aliphatic carbocycles. The van der Waals surface area contributed by atoms with Gasteiger partial charge in [-0.25, -0.2) is 0 Å². The molecule has 0 heterocycles. The van der Waals surface area contributed by atoms with E-state index in [1.165, 1.54) is 12.8 Å². The van der Waals surface area contributed by atoms with Crippen LogP contribution in [0.4, 0.5) is 0 Å². The molecule has 0 amide bonds. The van der Waals surface area contributed by atoms with Gasteiger partial charge in [0.15, 0.2) is 0 Å². The Hall–Kier alpha value is -0.496. The molecule has 2 aromatic rings. The fourth-order valence-electron chi connectivity index (χ4n) is 0.770. The molecule has 0 saturated carbocycles. The van der Waals surface area contributed by atoms with E-state index in [0.717, 1.165) is 7.11 Å². The summed E-state index contributed by atoms with van der Waals surface area (Å²) >= 11 is 0. The van der Waals surface area contributed by atoms with E-state index >= 15 is 0 Å². The van der Waals surface area contributed by atoms with Gasteiger partial charge < -0.3 is 5.11 Å². The zero-order chi connectivity index (χ0) is 21.9. The SMILES string of the molecule is C.CC.CC.CC.CCC.CCC.CO.[Y].c1ccccc1.c1ccccc1. The van der Waals surface area contributed by atoms with Crippen molar-refractivity contribution in [2.24, 2.45) is 0 Å². The molecule has 0 saturated heterocycles. The number of hydrogen-bond acceptors (Lipinski definition) is 1. The van der Waals surface area contributed by atoms with E-state index in [9.17, 15) is 0 Å². The van der Waals surface area contributed by atoms with Gasteiger partial charge in [0.1, 0.15) is 0 Å². The van der Waals surface area contributed by atoms with Crippen molar-refractivity contribution in [2.45, 2.75) is 89.5 Å². The fraction of sp³-hybridized carbons (Fsp3) is 0.538. The average Bonchev–Trinajstić information content (AvgIpc) is 2.78. The topological polar surface area (TPSA) is 20.2 Å². The summed E-state index contributed by atoms with van der Waals surface area (Å²) in [7, 11) is 1.00. The van der Waals surface area contributed by atoms with Crippen LogP contribution < -0.4 is 0 Å². The van der Waals surface area contributed by atoms with Crippen LogP contribution in [0.3, 0.4) is 0 Å².